The predicted molar refractivity (Wildman–Crippen MR) is 156 cm³/mol. The lowest BCUT2D eigenvalue weighted by Gasteiger charge is -2.31. The number of carboxylic acid groups (broad SMARTS) is 3. The Balaban J connectivity index is 0.000000357. The molecule has 1 atom stereocenters. The third-order valence-electron chi connectivity index (χ3n) is 5.73. The van der Waals surface area contributed by atoms with Gasteiger partial charge in [-0.15, -0.1) is 11.8 Å². The fraction of sp³-hybridized carbons (Fsp3) is 0.296. The molecule has 20 heteroatoms. The molecule has 2 heterocycles. The standard InChI is InChI=1S/C14H17N3O3S.C9H10N2O.2C2HF3O2/c1-10-17(9-15)12(8-21-10)16(7-13(18)19)14(20)11-5-3-2-4-6-11;10-9(12)7-2-1-6-3-4-11-8(6)5-7;2*3-2(4,5)1(6)7/h2-6,8,10H,7,9,15H2,1H3,(H,18,19);1-2,5,11H,3-4H2,(H2,10,12);2*(H,6,7). The number of rotatable bonds is 6. The molecule has 47 heavy (non-hydrogen) atoms. The van der Waals surface area contributed by atoms with Crippen LogP contribution >= 0.6 is 11.8 Å². The van der Waals surface area contributed by atoms with Crippen molar-refractivity contribution in [2.24, 2.45) is 11.5 Å². The van der Waals surface area contributed by atoms with Gasteiger partial charge in [-0.2, -0.15) is 26.3 Å². The molecule has 0 radical (unpaired) electrons. The lowest BCUT2D eigenvalue weighted by Crippen LogP contribution is -2.44. The molecule has 2 aliphatic heterocycles. The molecular weight excluding hydrogens is 668 g/mol. The molecule has 8 N–H and O–H groups in total. The molecule has 0 fully saturated rings. The van der Waals surface area contributed by atoms with Gasteiger partial charge in [0.15, 0.2) is 0 Å². The Labute approximate surface area is 266 Å². The number of benzene rings is 2. The van der Waals surface area contributed by atoms with Crippen molar-refractivity contribution >= 4 is 47.2 Å². The number of amides is 2. The number of primary amides is 1. The van der Waals surface area contributed by atoms with Crippen molar-refractivity contribution < 1.29 is 65.6 Å². The Bertz CT molecular complexity index is 1430. The Kier molecular flexibility index (Phi) is 15.0. The normalized spacial score (nSPS) is 14.7. The largest absolute Gasteiger partial charge is 0.490 e. The zero-order valence-corrected chi connectivity index (χ0v) is 25.0. The molecule has 0 saturated heterocycles. The number of carboxylic acids is 3. The summed E-state index contributed by atoms with van der Waals surface area (Å²) in [7, 11) is 0. The molecule has 2 aromatic carbocycles. The number of fused-ring (bicyclic) bond motifs is 1. The van der Waals surface area contributed by atoms with E-state index >= 15 is 0 Å². The van der Waals surface area contributed by atoms with E-state index in [2.05, 4.69) is 5.32 Å². The monoisotopic (exact) mass is 697 g/mol. The van der Waals surface area contributed by atoms with Gasteiger partial charge in [0, 0.05) is 28.8 Å². The highest BCUT2D eigenvalue weighted by atomic mass is 32.2. The van der Waals surface area contributed by atoms with Crippen LogP contribution in [0.4, 0.5) is 32.0 Å². The van der Waals surface area contributed by atoms with Crippen LogP contribution in [0.25, 0.3) is 0 Å². The topological polar surface area (TPSA) is 217 Å². The van der Waals surface area contributed by atoms with Crippen LogP contribution in [0.15, 0.2) is 59.8 Å². The maximum Gasteiger partial charge on any atom is 0.490 e. The minimum absolute atomic E-state index is 0.0740. The number of thioether (sulfide) groups is 1. The van der Waals surface area contributed by atoms with Gasteiger partial charge in [-0.1, -0.05) is 24.3 Å². The van der Waals surface area contributed by atoms with Crippen LogP contribution in [0.3, 0.4) is 0 Å². The minimum Gasteiger partial charge on any atom is -0.480 e. The van der Waals surface area contributed by atoms with E-state index in [0.717, 1.165) is 18.7 Å². The highest BCUT2D eigenvalue weighted by Crippen LogP contribution is 2.32. The van der Waals surface area contributed by atoms with Crippen molar-refractivity contribution in [2.45, 2.75) is 31.1 Å². The molecule has 2 aromatic rings. The van der Waals surface area contributed by atoms with E-state index in [-0.39, 0.29) is 23.9 Å². The average molecular weight is 698 g/mol. The Morgan fingerprint density at radius 2 is 1.47 bits per heavy atom. The number of nitrogens with two attached hydrogens (primary N) is 2. The maximum atomic E-state index is 12.6. The van der Waals surface area contributed by atoms with Gasteiger partial charge < -0.3 is 37.0 Å². The van der Waals surface area contributed by atoms with Gasteiger partial charge in [0.2, 0.25) is 5.91 Å². The summed E-state index contributed by atoms with van der Waals surface area (Å²) in [6.45, 7) is 2.73. The van der Waals surface area contributed by atoms with E-state index < -0.39 is 36.8 Å². The molecule has 4 rings (SSSR count). The molecule has 0 saturated carbocycles. The molecule has 0 bridgehead atoms. The molecule has 0 aromatic heterocycles. The quantitative estimate of drug-likeness (QED) is 0.240. The van der Waals surface area contributed by atoms with Crippen LogP contribution in [-0.4, -0.2) is 92.3 Å². The molecule has 0 spiro atoms. The van der Waals surface area contributed by atoms with Crippen LogP contribution in [0, 0.1) is 0 Å². The van der Waals surface area contributed by atoms with Crippen molar-refractivity contribution in [2.75, 3.05) is 25.1 Å². The number of carbonyl (C=O) groups excluding carboxylic acids is 2. The lowest BCUT2D eigenvalue weighted by molar-refractivity contribution is -0.193. The second-order valence-corrected chi connectivity index (χ2v) is 10.2. The second-order valence-electron chi connectivity index (χ2n) is 9.03. The highest BCUT2D eigenvalue weighted by molar-refractivity contribution is 8.02. The number of hydrogen-bond acceptors (Lipinski definition) is 9. The van der Waals surface area contributed by atoms with Crippen molar-refractivity contribution in [1.29, 1.82) is 0 Å². The molecule has 1 unspecified atom stereocenters. The van der Waals surface area contributed by atoms with E-state index in [1.807, 2.05) is 19.1 Å². The summed E-state index contributed by atoms with van der Waals surface area (Å²) in [5.41, 5.74) is 14.2. The van der Waals surface area contributed by atoms with Crippen molar-refractivity contribution in [3.63, 3.8) is 0 Å². The number of alkyl halides is 6. The molecular formula is C27H29F6N5O8S. The SMILES string of the molecule is CC1SC=C(N(CC(=O)O)C(=O)c2ccccc2)N1CN.NC(=O)c1ccc2c(c1)NCC2.O=C(O)C(F)(F)F.O=C(O)C(F)(F)F. The molecule has 258 valence electrons. The smallest absolute Gasteiger partial charge is 0.480 e. The summed E-state index contributed by atoms with van der Waals surface area (Å²) in [5, 5.41) is 28.4. The molecule has 13 nitrogen and oxygen atoms in total. The highest BCUT2D eigenvalue weighted by Gasteiger charge is 2.39. The molecule has 0 aliphatic carbocycles. The minimum atomic E-state index is -5.08. The summed E-state index contributed by atoms with van der Waals surface area (Å²) >= 11 is 1.50. The van der Waals surface area contributed by atoms with Crippen LogP contribution in [-0.2, 0) is 20.8 Å². The van der Waals surface area contributed by atoms with Gasteiger partial charge in [-0.25, -0.2) is 9.59 Å². The summed E-state index contributed by atoms with van der Waals surface area (Å²) in [6.07, 6.45) is -9.13. The van der Waals surface area contributed by atoms with E-state index in [9.17, 15) is 40.7 Å². The van der Waals surface area contributed by atoms with E-state index in [0.29, 0.717) is 16.9 Å². The Hall–Kier alpha value is -4.98. The number of aliphatic carboxylic acids is 3. The summed E-state index contributed by atoms with van der Waals surface area (Å²) < 4.78 is 63.5. The zero-order valence-electron chi connectivity index (χ0n) is 24.2. The fourth-order valence-electron chi connectivity index (χ4n) is 3.52. The van der Waals surface area contributed by atoms with Crippen LogP contribution < -0.4 is 16.8 Å². The third-order valence-corrected chi connectivity index (χ3v) is 6.72. The van der Waals surface area contributed by atoms with E-state index in [1.54, 1.807) is 46.7 Å². The fourth-order valence-corrected chi connectivity index (χ4v) is 4.44. The summed E-state index contributed by atoms with van der Waals surface area (Å²) in [6, 6.07) is 14.2. The lowest BCUT2D eigenvalue weighted by atomic mass is 10.1. The number of anilines is 1. The number of nitrogens with one attached hydrogen (secondary N) is 1. The number of hydrogen-bond donors (Lipinski definition) is 6. The van der Waals surface area contributed by atoms with Gasteiger partial charge >= 0.3 is 30.3 Å². The van der Waals surface area contributed by atoms with E-state index in [1.165, 1.54) is 22.2 Å². The van der Waals surface area contributed by atoms with Gasteiger partial charge in [-0.3, -0.25) is 19.3 Å². The Morgan fingerprint density at radius 3 is 1.91 bits per heavy atom. The number of nitrogens with zero attached hydrogens (tertiary/aromatic N) is 2. The first-order valence-electron chi connectivity index (χ1n) is 12.9. The first-order valence-corrected chi connectivity index (χ1v) is 13.8. The number of carbonyl (C=O) groups is 5. The Morgan fingerprint density at radius 1 is 0.936 bits per heavy atom. The van der Waals surface area contributed by atoms with Gasteiger partial charge in [0.05, 0.1) is 12.0 Å². The summed E-state index contributed by atoms with van der Waals surface area (Å²) in [4.78, 5) is 55.3. The van der Waals surface area contributed by atoms with Crippen LogP contribution in [0.1, 0.15) is 33.2 Å². The first-order chi connectivity index (χ1) is 21.7. The average Bonchev–Trinajstić information content (AvgIpc) is 3.61. The third kappa shape index (κ3) is 13.1. The van der Waals surface area contributed by atoms with E-state index in [4.69, 9.17) is 36.4 Å². The van der Waals surface area contributed by atoms with Gasteiger partial charge in [0.1, 0.15) is 12.4 Å². The van der Waals surface area contributed by atoms with Crippen molar-refractivity contribution in [3.05, 3.63) is 76.5 Å². The molecule has 2 aliphatic rings. The predicted octanol–water partition coefficient (Wildman–Crippen LogP) is 3.34. The summed E-state index contributed by atoms with van der Waals surface area (Å²) in [5.74, 6) is -6.77. The number of halogens is 6. The van der Waals surface area contributed by atoms with Crippen LogP contribution in [0.5, 0.6) is 0 Å². The second kappa shape index (κ2) is 17.6. The molecule has 2 amide bonds. The zero-order chi connectivity index (χ0) is 36.1. The maximum absolute atomic E-state index is 12.6. The first kappa shape index (κ1) is 40.0. The van der Waals surface area contributed by atoms with Crippen molar-refractivity contribution in [1.82, 2.24) is 9.80 Å². The van der Waals surface area contributed by atoms with Gasteiger partial charge in [0.25, 0.3) is 5.91 Å². The van der Waals surface area contributed by atoms with Gasteiger partial charge in [-0.05, 0) is 43.2 Å². The van der Waals surface area contributed by atoms with Crippen LogP contribution in [0.2, 0.25) is 0 Å². The van der Waals surface area contributed by atoms with Crippen molar-refractivity contribution in [3.8, 4) is 0 Å².